The Morgan fingerprint density at radius 2 is 1.89 bits per heavy atom. The van der Waals surface area contributed by atoms with E-state index in [-0.39, 0.29) is 11.0 Å². The first-order chi connectivity index (χ1) is 8.91. The van der Waals surface area contributed by atoms with E-state index >= 15 is 0 Å². The number of hydrogen-bond acceptors (Lipinski definition) is 2. The second kappa shape index (κ2) is 5.24. The van der Waals surface area contributed by atoms with Crippen molar-refractivity contribution < 1.29 is 23.5 Å². The Morgan fingerprint density at radius 1 is 1.32 bits per heavy atom. The van der Waals surface area contributed by atoms with Crippen molar-refractivity contribution in [2.75, 3.05) is 6.54 Å². The lowest BCUT2D eigenvalue weighted by atomic mass is 10.1. The van der Waals surface area contributed by atoms with Crippen molar-refractivity contribution in [3.63, 3.8) is 0 Å². The third-order valence-electron chi connectivity index (χ3n) is 3.02. The highest BCUT2D eigenvalue weighted by molar-refractivity contribution is 9.10. The molecule has 0 saturated carbocycles. The van der Waals surface area contributed by atoms with Crippen LogP contribution in [0.1, 0.15) is 23.2 Å². The molecule has 1 fully saturated rings. The molecule has 0 bridgehead atoms. The number of hydrogen-bond donors (Lipinski definition) is 1. The largest absolute Gasteiger partial charge is 0.480 e. The molecule has 1 N–H and O–H groups in total. The molecule has 102 valence electrons. The number of benzene rings is 1. The molecule has 1 aliphatic rings. The third-order valence-corrected chi connectivity index (χ3v) is 3.48. The molecule has 2 rings (SSSR count). The topological polar surface area (TPSA) is 57.6 Å². The number of aliphatic carboxylic acids is 1. The van der Waals surface area contributed by atoms with E-state index in [1.807, 2.05) is 0 Å². The van der Waals surface area contributed by atoms with Crippen LogP contribution >= 0.6 is 15.9 Å². The zero-order valence-electron chi connectivity index (χ0n) is 9.70. The molecular formula is C12H10BrF2NO3. The van der Waals surface area contributed by atoms with E-state index in [2.05, 4.69) is 15.9 Å². The first kappa shape index (κ1) is 13.9. The zero-order valence-corrected chi connectivity index (χ0v) is 11.3. The number of carbonyl (C=O) groups is 2. The van der Waals surface area contributed by atoms with Crippen LogP contribution in [0.5, 0.6) is 0 Å². The quantitative estimate of drug-likeness (QED) is 0.904. The molecule has 19 heavy (non-hydrogen) atoms. The maximum absolute atomic E-state index is 13.7. The minimum atomic E-state index is -1.16. The Kier molecular flexibility index (Phi) is 3.84. The van der Waals surface area contributed by atoms with Gasteiger partial charge in [0, 0.05) is 11.0 Å². The van der Waals surface area contributed by atoms with Crippen LogP contribution < -0.4 is 0 Å². The molecule has 1 aromatic carbocycles. The van der Waals surface area contributed by atoms with Gasteiger partial charge in [0.15, 0.2) is 0 Å². The van der Waals surface area contributed by atoms with Gasteiger partial charge in [-0.15, -0.1) is 0 Å². The Balaban J connectivity index is 2.37. The van der Waals surface area contributed by atoms with Gasteiger partial charge in [-0.2, -0.15) is 0 Å². The molecule has 1 amide bonds. The minimum absolute atomic E-state index is 0.176. The number of rotatable bonds is 2. The maximum atomic E-state index is 13.7. The summed E-state index contributed by atoms with van der Waals surface area (Å²) in [5.74, 6) is -4.10. The van der Waals surface area contributed by atoms with E-state index in [1.54, 1.807) is 0 Å². The SMILES string of the molecule is O=C(O)[C@@H]1CCCN1C(=O)c1c(F)cc(Br)cc1F. The van der Waals surface area contributed by atoms with Crippen LogP contribution in [0, 0.1) is 11.6 Å². The van der Waals surface area contributed by atoms with E-state index in [9.17, 15) is 18.4 Å². The van der Waals surface area contributed by atoms with Gasteiger partial charge in [-0.25, -0.2) is 13.6 Å². The van der Waals surface area contributed by atoms with Gasteiger partial charge < -0.3 is 10.0 Å². The van der Waals surface area contributed by atoms with E-state index in [1.165, 1.54) is 0 Å². The molecule has 0 aliphatic carbocycles. The first-order valence-electron chi connectivity index (χ1n) is 5.60. The van der Waals surface area contributed by atoms with Crippen LogP contribution in [0.15, 0.2) is 16.6 Å². The fraction of sp³-hybridized carbons (Fsp3) is 0.333. The summed E-state index contributed by atoms with van der Waals surface area (Å²) < 4.78 is 27.5. The Bertz CT molecular complexity index is 527. The summed E-state index contributed by atoms with van der Waals surface area (Å²) >= 11 is 2.92. The predicted octanol–water partition coefficient (Wildman–Crippen LogP) is 2.42. The van der Waals surface area contributed by atoms with Gasteiger partial charge in [0.2, 0.25) is 0 Å². The molecule has 0 radical (unpaired) electrons. The van der Waals surface area contributed by atoms with Crippen LogP contribution in [0.4, 0.5) is 8.78 Å². The number of carboxylic acid groups (broad SMARTS) is 1. The highest BCUT2D eigenvalue weighted by Gasteiger charge is 2.36. The number of halogens is 3. The Morgan fingerprint density at radius 3 is 2.42 bits per heavy atom. The fourth-order valence-corrected chi connectivity index (χ4v) is 2.56. The van der Waals surface area contributed by atoms with E-state index in [4.69, 9.17) is 5.11 Å². The van der Waals surface area contributed by atoms with E-state index in [0.717, 1.165) is 17.0 Å². The molecule has 0 aromatic heterocycles. The number of likely N-dealkylation sites (tertiary alicyclic amines) is 1. The summed E-state index contributed by atoms with van der Waals surface area (Å²) in [5.41, 5.74) is -0.712. The van der Waals surface area contributed by atoms with Gasteiger partial charge in [0.05, 0.1) is 0 Å². The van der Waals surface area contributed by atoms with Crippen LogP contribution in [0.25, 0.3) is 0 Å². The summed E-state index contributed by atoms with van der Waals surface area (Å²) in [6.07, 6.45) is 0.795. The smallest absolute Gasteiger partial charge is 0.326 e. The molecule has 1 aromatic rings. The second-order valence-electron chi connectivity index (χ2n) is 4.24. The predicted molar refractivity (Wildman–Crippen MR) is 65.8 cm³/mol. The van der Waals surface area contributed by atoms with Gasteiger partial charge >= 0.3 is 5.97 Å². The Labute approximate surface area is 116 Å². The molecule has 4 nitrogen and oxygen atoms in total. The molecule has 1 atom stereocenters. The lowest BCUT2D eigenvalue weighted by Crippen LogP contribution is -2.41. The van der Waals surface area contributed by atoms with Crippen LogP contribution in [0.2, 0.25) is 0 Å². The van der Waals surface area contributed by atoms with Crippen molar-refractivity contribution in [3.05, 3.63) is 33.8 Å². The van der Waals surface area contributed by atoms with Crippen molar-refractivity contribution in [3.8, 4) is 0 Å². The number of carbonyl (C=O) groups excluding carboxylic acids is 1. The van der Waals surface area contributed by atoms with Crippen LogP contribution in [-0.2, 0) is 4.79 Å². The molecule has 1 saturated heterocycles. The number of amides is 1. The standard InChI is InChI=1S/C12H10BrF2NO3/c13-6-4-7(14)10(8(15)5-6)11(17)16-3-1-2-9(16)12(18)19/h4-5,9H,1-3H2,(H,18,19)/t9-/m0/s1. The lowest BCUT2D eigenvalue weighted by Gasteiger charge is -2.21. The Hall–Kier alpha value is -1.50. The average molecular weight is 334 g/mol. The fourth-order valence-electron chi connectivity index (χ4n) is 2.16. The summed E-state index contributed by atoms with van der Waals surface area (Å²) in [4.78, 5) is 24.1. The normalized spacial score (nSPS) is 18.7. The summed E-state index contributed by atoms with van der Waals surface area (Å²) in [6.45, 7) is 0.185. The van der Waals surface area contributed by atoms with Crippen molar-refractivity contribution >= 4 is 27.8 Å². The monoisotopic (exact) mass is 333 g/mol. The average Bonchev–Trinajstić information content (AvgIpc) is 2.75. The van der Waals surface area contributed by atoms with E-state index < -0.39 is 35.1 Å². The third kappa shape index (κ3) is 2.60. The van der Waals surface area contributed by atoms with Crippen molar-refractivity contribution in [1.29, 1.82) is 0 Å². The minimum Gasteiger partial charge on any atom is -0.480 e. The molecule has 7 heteroatoms. The number of nitrogens with zero attached hydrogens (tertiary/aromatic N) is 1. The molecule has 1 heterocycles. The molecule has 0 spiro atoms. The molecular weight excluding hydrogens is 324 g/mol. The van der Waals surface area contributed by atoms with Crippen molar-refractivity contribution in [2.24, 2.45) is 0 Å². The number of carboxylic acids is 1. The van der Waals surface area contributed by atoms with Crippen molar-refractivity contribution in [2.45, 2.75) is 18.9 Å². The zero-order chi connectivity index (χ0) is 14.2. The summed E-state index contributed by atoms with van der Waals surface area (Å²) in [6, 6.07) is 0.930. The lowest BCUT2D eigenvalue weighted by molar-refractivity contribution is -0.141. The van der Waals surface area contributed by atoms with Gasteiger partial charge in [-0.3, -0.25) is 4.79 Å². The summed E-state index contributed by atoms with van der Waals surface area (Å²) in [5, 5.41) is 8.97. The maximum Gasteiger partial charge on any atom is 0.326 e. The van der Waals surface area contributed by atoms with Gasteiger partial charge in [-0.05, 0) is 25.0 Å². The van der Waals surface area contributed by atoms with Gasteiger partial charge in [-0.1, -0.05) is 15.9 Å². The van der Waals surface area contributed by atoms with Crippen molar-refractivity contribution in [1.82, 2.24) is 4.90 Å². The molecule has 1 aliphatic heterocycles. The first-order valence-corrected chi connectivity index (χ1v) is 6.39. The highest BCUT2D eigenvalue weighted by atomic mass is 79.9. The van der Waals surface area contributed by atoms with Crippen LogP contribution in [-0.4, -0.2) is 34.5 Å². The van der Waals surface area contributed by atoms with Gasteiger partial charge in [0.25, 0.3) is 5.91 Å². The van der Waals surface area contributed by atoms with Crippen LogP contribution in [0.3, 0.4) is 0 Å². The molecule has 0 unspecified atom stereocenters. The van der Waals surface area contributed by atoms with Gasteiger partial charge in [0.1, 0.15) is 23.2 Å². The summed E-state index contributed by atoms with van der Waals surface area (Å²) in [7, 11) is 0. The second-order valence-corrected chi connectivity index (χ2v) is 5.15. The highest BCUT2D eigenvalue weighted by Crippen LogP contribution is 2.25. The van der Waals surface area contributed by atoms with E-state index in [0.29, 0.717) is 12.8 Å².